The fourth-order valence-electron chi connectivity index (χ4n) is 2.08. The molecular weight excluding hydrogens is 272 g/mol. The van der Waals surface area contributed by atoms with Gasteiger partial charge in [0.25, 0.3) is 0 Å². The maximum atomic E-state index is 12.1. The highest BCUT2D eigenvalue weighted by Crippen LogP contribution is 2.30. The molecule has 5 heteroatoms. The zero-order valence-corrected chi connectivity index (χ0v) is 13.0. The third-order valence-corrected chi connectivity index (χ3v) is 3.01. The van der Waals surface area contributed by atoms with Crippen molar-refractivity contribution < 1.29 is 23.8 Å². The lowest BCUT2D eigenvalue weighted by molar-refractivity contribution is -0.118. The van der Waals surface area contributed by atoms with Crippen molar-refractivity contribution in [3.05, 3.63) is 23.3 Å². The molecule has 0 aliphatic heterocycles. The standard InChI is InChI=1S/C16H22O5/c1-5-7-12(17)8-11-9-13(19-3)10-14(20-4)15(11)16(18)21-6-2/h9-10H,5-8H2,1-4H3. The molecule has 21 heavy (non-hydrogen) atoms. The minimum absolute atomic E-state index is 0.0679. The molecule has 1 aromatic carbocycles. The molecule has 0 atom stereocenters. The highest BCUT2D eigenvalue weighted by molar-refractivity contribution is 5.96. The van der Waals surface area contributed by atoms with Gasteiger partial charge in [-0.05, 0) is 25.0 Å². The fraction of sp³-hybridized carbons (Fsp3) is 0.500. The summed E-state index contributed by atoms with van der Waals surface area (Å²) >= 11 is 0. The van der Waals surface area contributed by atoms with Crippen molar-refractivity contribution in [2.45, 2.75) is 33.1 Å². The Kier molecular flexibility index (Phi) is 6.72. The Balaban J connectivity index is 3.27. The smallest absolute Gasteiger partial charge is 0.342 e. The minimum Gasteiger partial charge on any atom is -0.497 e. The first-order valence-electron chi connectivity index (χ1n) is 7.01. The van der Waals surface area contributed by atoms with E-state index in [1.807, 2.05) is 6.92 Å². The molecule has 5 nitrogen and oxygen atoms in total. The van der Waals surface area contributed by atoms with Crippen molar-refractivity contribution in [3.8, 4) is 11.5 Å². The van der Waals surface area contributed by atoms with Crippen LogP contribution in [0.1, 0.15) is 42.6 Å². The number of rotatable bonds is 8. The highest BCUT2D eigenvalue weighted by Gasteiger charge is 2.21. The van der Waals surface area contributed by atoms with E-state index in [0.29, 0.717) is 29.0 Å². The molecular formula is C16H22O5. The Hall–Kier alpha value is -2.04. The molecule has 0 bridgehead atoms. The van der Waals surface area contributed by atoms with Gasteiger partial charge in [0.1, 0.15) is 22.8 Å². The second-order valence-corrected chi connectivity index (χ2v) is 4.55. The lowest BCUT2D eigenvalue weighted by Gasteiger charge is -2.14. The van der Waals surface area contributed by atoms with Crippen molar-refractivity contribution >= 4 is 11.8 Å². The SMILES string of the molecule is CCCC(=O)Cc1cc(OC)cc(OC)c1C(=O)OCC. The van der Waals surface area contributed by atoms with Crippen molar-refractivity contribution in [2.24, 2.45) is 0 Å². The molecule has 0 saturated heterocycles. The van der Waals surface area contributed by atoms with Crippen molar-refractivity contribution in [1.29, 1.82) is 0 Å². The first kappa shape index (κ1) is 17.0. The zero-order valence-electron chi connectivity index (χ0n) is 13.0. The Morgan fingerprint density at radius 2 is 1.81 bits per heavy atom. The normalized spacial score (nSPS) is 10.1. The van der Waals surface area contributed by atoms with E-state index < -0.39 is 5.97 Å². The number of hydrogen-bond donors (Lipinski definition) is 0. The quantitative estimate of drug-likeness (QED) is 0.690. The lowest BCUT2D eigenvalue weighted by atomic mass is 9.99. The van der Waals surface area contributed by atoms with E-state index in [0.717, 1.165) is 6.42 Å². The number of benzene rings is 1. The molecule has 0 amide bonds. The van der Waals surface area contributed by atoms with Crippen LogP contribution in [0, 0.1) is 0 Å². The average molecular weight is 294 g/mol. The topological polar surface area (TPSA) is 61.8 Å². The van der Waals surface area contributed by atoms with Crippen LogP contribution in [0.3, 0.4) is 0 Å². The number of ketones is 1. The molecule has 0 fully saturated rings. The molecule has 0 radical (unpaired) electrons. The molecule has 0 N–H and O–H groups in total. The number of esters is 1. The summed E-state index contributed by atoms with van der Waals surface area (Å²) in [6.45, 7) is 3.93. The van der Waals surface area contributed by atoms with Gasteiger partial charge in [0.15, 0.2) is 0 Å². The number of ether oxygens (including phenoxy) is 3. The number of methoxy groups -OCH3 is 2. The van der Waals surface area contributed by atoms with E-state index in [1.54, 1.807) is 19.1 Å². The van der Waals surface area contributed by atoms with Crippen LogP contribution in [0.4, 0.5) is 0 Å². The van der Waals surface area contributed by atoms with Gasteiger partial charge in [-0.3, -0.25) is 4.79 Å². The van der Waals surface area contributed by atoms with Crippen molar-refractivity contribution in [3.63, 3.8) is 0 Å². The van der Waals surface area contributed by atoms with E-state index in [4.69, 9.17) is 14.2 Å². The number of Topliss-reactive ketones (excluding diaryl/α,β-unsaturated/α-hetero) is 1. The molecule has 0 aromatic heterocycles. The molecule has 1 aromatic rings. The van der Waals surface area contributed by atoms with Crippen LogP contribution >= 0.6 is 0 Å². The zero-order chi connectivity index (χ0) is 15.8. The summed E-state index contributed by atoms with van der Waals surface area (Å²) in [6, 6.07) is 3.29. The summed E-state index contributed by atoms with van der Waals surface area (Å²) in [5.74, 6) is 0.473. The molecule has 116 valence electrons. The fourth-order valence-corrected chi connectivity index (χ4v) is 2.08. The molecule has 0 saturated carbocycles. The maximum absolute atomic E-state index is 12.1. The molecule has 0 aliphatic rings. The Bertz CT molecular complexity index is 508. The maximum Gasteiger partial charge on any atom is 0.342 e. The lowest BCUT2D eigenvalue weighted by Crippen LogP contribution is -2.13. The van der Waals surface area contributed by atoms with Crippen LogP contribution in [-0.2, 0) is 16.0 Å². The van der Waals surface area contributed by atoms with Crippen LogP contribution < -0.4 is 9.47 Å². The molecule has 0 unspecified atom stereocenters. The summed E-state index contributed by atoms with van der Waals surface area (Å²) in [5, 5.41) is 0. The van der Waals surface area contributed by atoms with E-state index in [1.165, 1.54) is 14.2 Å². The van der Waals surface area contributed by atoms with E-state index in [2.05, 4.69) is 0 Å². The predicted octanol–water partition coefficient (Wildman–Crippen LogP) is 2.79. The molecule has 0 heterocycles. The van der Waals surface area contributed by atoms with Gasteiger partial charge in [-0.2, -0.15) is 0 Å². The molecule has 1 rings (SSSR count). The van der Waals surface area contributed by atoms with Crippen LogP contribution in [0.25, 0.3) is 0 Å². The van der Waals surface area contributed by atoms with Gasteiger partial charge in [-0.1, -0.05) is 6.92 Å². The van der Waals surface area contributed by atoms with Gasteiger partial charge in [0.2, 0.25) is 0 Å². The van der Waals surface area contributed by atoms with Crippen LogP contribution in [0.15, 0.2) is 12.1 Å². The molecule has 0 aliphatic carbocycles. The van der Waals surface area contributed by atoms with E-state index >= 15 is 0 Å². The van der Waals surface area contributed by atoms with Crippen LogP contribution in [0.5, 0.6) is 11.5 Å². The Morgan fingerprint density at radius 3 is 2.33 bits per heavy atom. The largest absolute Gasteiger partial charge is 0.497 e. The second-order valence-electron chi connectivity index (χ2n) is 4.55. The van der Waals surface area contributed by atoms with Crippen molar-refractivity contribution in [1.82, 2.24) is 0 Å². The Labute approximate surface area is 125 Å². The first-order valence-corrected chi connectivity index (χ1v) is 7.01. The molecule has 0 spiro atoms. The van der Waals surface area contributed by atoms with Gasteiger partial charge in [-0.15, -0.1) is 0 Å². The Morgan fingerprint density at radius 1 is 1.10 bits per heavy atom. The van der Waals surface area contributed by atoms with Gasteiger partial charge < -0.3 is 14.2 Å². The van der Waals surface area contributed by atoms with Gasteiger partial charge in [0, 0.05) is 18.9 Å². The van der Waals surface area contributed by atoms with Gasteiger partial charge >= 0.3 is 5.97 Å². The number of carbonyl (C=O) groups excluding carboxylic acids is 2. The highest BCUT2D eigenvalue weighted by atomic mass is 16.5. The summed E-state index contributed by atoms with van der Waals surface area (Å²) in [7, 11) is 2.99. The summed E-state index contributed by atoms with van der Waals surface area (Å²) < 4.78 is 15.5. The first-order chi connectivity index (χ1) is 10.1. The van der Waals surface area contributed by atoms with Gasteiger partial charge in [0.05, 0.1) is 20.8 Å². The minimum atomic E-state index is -0.490. The average Bonchev–Trinajstić information content (AvgIpc) is 2.46. The summed E-state index contributed by atoms with van der Waals surface area (Å²) in [4.78, 5) is 24.0. The van der Waals surface area contributed by atoms with E-state index in [-0.39, 0.29) is 18.8 Å². The predicted molar refractivity (Wildman–Crippen MR) is 79.1 cm³/mol. The number of carbonyl (C=O) groups is 2. The van der Waals surface area contributed by atoms with Crippen LogP contribution in [-0.4, -0.2) is 32.6 Å². The number of hydrogen-bond acceptors (Lipinski definition) is 5. The third-order valence-electron chi connectivity index (χ3n) is 3.01. The van der Waals surface area contributed by atoms with Gasteiger partial charge in [-0.25, -0.2) is 4.79 Å². The third kappa shape index (κ3) is 4.48. The van der Waals surface area contributed by atoms with Crippen LogP contribution in [0.2, 0.25) is 0 Å². The van der Waals surface area contributed by atoms with Crippen molar-refractivity contribution in [2.75, 3.05) is 20.8 Å². The second kappa shape index (κ2) is 8.29. The summed E-state index contributed by atoms with van der Waals surface area (Å²) in [6.07, 6.45) is 1.41. The summed E-state index contributed by atoms with van der Waals surface area (Å²) in [5.41, 5.74) is 0.868. The monoisotopic (exact) mass is 294 g/mol. The van der Waals surface area contributed by atoms with E-state index in [9.17, 15) is 9.59 Å².